The van der Waals surface area contributed by atoms with Crippen molar-refractivity contribution in [2.24, 2.45) is 0 Å². The molecule has 2 atom stereocenters. The van der Waals surface area contributed by atoms with Gasteiger partial charge in [-0.2, -0.15) is 0 Å². The summed E-state index contributed by atoms with van der Waals surface area (Å²) in [5, 5.41) is 4.30. The Morgan fingerprint density at radius 3 is 2.60 bits per heavy atom. The average molecular weight is 319 g/mol. The summed E-state index contributed by atoms with van der Waals surface area (Å²) in [6.45, 7) is 0.723. The second kappa shape index (κ2) is 6.61. The van der Waals surface area contributed by atoms with Crippen LogP contribution in [0.15, 0.2) is 18.2 Å². The van der Waals surface area contributed by atoms with Gasteiger partial charge < -0.3 is 5.32 Å². The van der Waals surface area contributed by atoms with Crippen LogP contribution in [0.25, 0.3) is 0 Å². The van der Waals surface area contributed by atoms with Crippen LogP contribution in [0, 0.1) is 5.82 Å². The zero-order chi connectivity index (χ0) is 13.4. The Balaban J connectivity index is 0.00000147. The zero-order valence-corrected chi connectivity index (χ0v) is 13.2. The Labute approximate surface area is 131 Å². The Bertz CT molecular complexity index is 457. The van der Waals surface area contributed by atoms with E-state index in [-0.39, 0.29) is 18.2 Å². The highest BCUT2D eigenvalue weighted by atomic mass is 35.5. The number of hydrogen-bond acceptors (Lipinski definition) is 2. The fourth-order valence-corrected chi connectivity index (χ4v) is 3.63. The summed E-state index contributed by atoms with van der Waals surface area (Å²) in [5.41, 5.74) is 0.884. The van der Waals surface area contributed by atoms with E-state index in [1.54, 1.807) is 12.1 Å². The lowest BCUT2D eigenvalue weighted by Crippen LogP contribution is -2.46. The number of hydrogen-bond donors (Lipinski definition) is 1. The molecule has 1 aromatic carbocycles. The van der Waals surface area contributed by atoms with Gasteiger partial charge in [-0.05, 0) is 56.5 Å². The summed E-state index contributed by atoms with van der Waals surface area (Å²) in [5.74, 6) is -0.210. The van der Waals surface area contributed by atoms with Gasteiger partial charge in [-0.15, -0.1) is 12.4 Å². The number of benzene rings is 1. The monoisotopic (exact) mass is 318 g/mol. The molecule has 2 nitrogen and oxygen atoms in total. The zero-order valence-electron chi connectivity index (χ0n) is 11.6. The van der Waals surface area contributed by atoms with Crippen molar-refractivity contribution in [3.05, 3.63) is 34.6 Å². The van der Waals surface area contributed by atoms with Crippen molar-refractivity contribution in [2.45, 2.75) is 50.4 Å². The van der Waals surface area contributed by atoms with E-state index in [2.05, 4.69) is 17.3 Å². The first kappa shape index (κ1) is 16.0. The molecular weight excluding hydrogens is 298 g/mol. The van der Waals surface area contributed by atoms with Crippen LogP contribution in [0.4, 0.5) is 4.39 Å². The SMILES string of the molecule is CN(Cc1cc(F)ccc1Cl)C1CC2CCC(C1)N2.Cl. The minimum Gasteiger partial charge on any atom is -0.311 e. The fourth-order valence-electron chi connectivity index (χ4n) is 3.45. The minimum atomic E-state index is -0.210. The molecular formula is C15H21Cl2FN2. The predicted octanol–water partition coefficient (Wildman–Crippen LogP) is 3.62. The highest BCUT2D eigenvalue weighted by molar-refractivity contribution is 6.31. The Morgan fingerprint density at radius 2 is 1.95 bits per heavy atom. The van der Waals surface area contributed by atoms with Crippen LogP contribution in [-0.4, -0.2) is 30.1 Å². The van der Waals surface area contributed by atoms with E-state index in [9.17, 15) is 4.39 Å². The van der Waals surface area contributed by atoms with Crippen molar-refractivity contribution in [3.8, 4) is 0 Å². The number of nitrogens with zero attached hydrogens (tertiary/aromatic N) is 1. The standard InChI is InChI=1S/C15H20ClFN2.ClH/c1-19(9-10-6-11(17)2-5-15(10)16)14-7-12-3-4-13(8-14)18-12;/h2,5-6,12-14,18H,3-4,7-9H2,1H3;1H. The number of fused-ring (bicyclic) bond motifs is 2. The van der Waals surface area contributed by atoms with Gasteiger partial charge in [0.15, 0.2) is 0 Å². The fraction of sp³-hybridized carbons (Fsp3) is 0.600. The summed E-state index contributed by atoms with van der Waals surface area (Å²) in [6, 6.07) is 6.54. The highest BCUT2D eigenvalue weighted by Crippen LogP contribution is 2.30. The highest BCUT2D eigenvalue weighted by Gasteiger charge is 2.35. The van der Waals surface area contributed by atoms with Crippen LogP contribution in [-0.2, 0) is 6.54 Å². The third kappa shape index (κ3) is 3.45. The molecule has 0 aliphatic carbocycles. The Kier molecular flexibility index (Phi) is 5.30. The normalized spacial score (nSPS) is 28.5. The van der Waals surface area contributed by atoms with Crippen molar-refractivity contribution in [1.82, 2.24) is 10.2 Å². The molecule has 20 heavy (non-hydrogen) atoms. The predicted molar refractivity (Wildman–Crippen MR) is 83.1 cm³/mol. The lowest BCUT2D eigenvalue weighted by Gasteiger charge is -2.35. The van der Waals surface area contributed by atoms with E-state index in [0.717, 1.165) is 12.1 Å². The first-order valence-corrected chi connectivity index (χ1v) is 7.40. The maximum Gasteiger partial charge on any atom is 0.123 e. The number of rotatable bonds is 3. The molecule has 1 aromatic rings. The van der Waals surface area contributed by atoms with Gasteiger partial charge >= 0.3 is 0 Å². The topological polar surface area (TPSA) is 15.3 Å². The van der Waals surface area contributed by atoms with E-state index in [1.165, 1.54) is 31.7 Å². The van der Waals surface area contributed by atoms with Gasteiger partial charge in [0.2, 0.25) is 0 Å². The van der Waals surface area contributed by atoms with E-state index in [4.69, 9.17) is 11.6 Å². The number of halogens is 3. The Hall–Kier alpha value is -0.350. The third-order valence-corrected chi connectivity index (χ3v) is 4.87. The summed E-state index contributed by atoms with van der Waals surface area (Å²) in [6.07, 6.45) is 4.99. The van der Waals surface area contributed by atoms with Crippen molar-refractivity contribution in [2.75, 3.05) is 7.05 Å². The van der Waals surface area contributed by atoms with Gasteiger partial charge in [-0.3, -0.25) is 4.90 Å². The van der Waals surface area contributed by atoms with Crippen LogP contribution < -0.4 is 5.32 Å². The summed E-state index contributed by atoms with van der Waals surface area (Å²) in [4.78, 5) is 2.33. The summed E-state index contributed by atoms with van der Waals surface area (Å²) in [7, 11) is 2.12. The van der Waals surface area contributed by atoms with Gasteiger partial charge in [-0.25, -0.2) is 4.39 Å². The lowest BCUT2D eigenvalue weighted by molar-refractivity contribution is 0.166. The summed E-state index contributed by atoms with van der Waals surface area (Å²) < 4.78 is 13.3. The third-order valence-electron chi connectivity index (χ3n) is 4.50. The van der Waals surface area contributed by atoms with Crippen molar-refractivity contribution < 1.29 is 4.39 Å². The van der Waals surface area contributed by atoms with Gasteiger partial charge in [0.25, 0.3) is 0 Å². The van der Waals surface area contributed by atoms with Crippen molar-refractivity contribution >= 4 is 24.0 Å². The van der Waals surface area contributed by atoms with E-state index in [0.29, 0.717) is 23.1 Å². The van der Waals surface area contributed by atoms with Crippen molar-refractivity contribution in [3.63, 3.8) is 0 Å². The molecule has 2 unspecified atom stereocenters. The van der Waals surface area contributed by atoms with E-state index >= 15 is 0 Å². The minimum absolute atomic E-state index is 0. The molecule has 0 spiro atoms. The molecule has 1 N–H and O–H groups in total. The smallest absolute Gasteiger partial charge is 0.123 e. The van der Waals surface area contributed by atoms with Crippen LogP contribution in [0.5, 0.6) is 0 Å². The van der Waals surface area contributed by atoms with E-state index < -0.39 is 0 Å². The number of piperidine rings is 1. The maximum atomic E-state index is 13.3. The molecule has 2 bridgehead atoms. The molecule has 0 amide bonds. The van der Waals surface area contributed by atoms with Crippen LogP contribution in [0.1, 0.15) is 31.2 Å². The molecule has 2 aliphatic heterocycles. The maximum absolute atomic E-state index is 13.3. The molecule has 2 saturated heterocycles. The molecule has 2 fully saturated rings. The molecule has 2 aliphatic rings. The van der Waals surface area contributed by atoms with Crippen LogP contribution >= 0.6 is 24.0 Å². The summed E-state index contributed by atoms with van der Waals surface area (Å²) >= 11 is 6.14. The second-order valence-electron chi connectivity index (χ2n) is 5.91. The van der Waals surface area contributed by atoms with Crippen molar-refractivity contribution in [1.29, 1.82) is 0 Å². The van der Waals surface area contributed by atoms with Gasteiger partial charge in [0, 0.05) is 29.7 Å². The van der Waals surface area contributed by atoms with Crippen LogP contribution in [0.2, 0.25) is 5.02 Å². The first-order chi connectivity index (χ1) is 9.11. The number of nitrogens with one attached hydrogen (secondary N) is 1. The molecule has 2 heterocycles. The average Bonchev–Trinajstić information content (AvgIpc) is 2.72. The van der Waals surface area contributed by atoms with Gasteiger partial charge in [0.1, 0.15) is 5.82 Å². The van der Waals surface area contributed by atoms with E-state index in [1.807, 2.05) is 0 Å². The molecule has 5 heteroatoms. The Morgan fingerprint density at radius 1 is 1.30 bits per heavy atom. The lowest BCUT2D eigenvalue weighted by atomic mass is 9.98. The van der Waals surface area contributed by atoms with Crippen LogP contribution in [0.3, 0.4) is 0 Å². The second-order valence-corrected chi connectivity index (χ2v) is 6.32. The molecule has 112 valence electrons. The van der Waals surface area contributed by atoms with Gasteiger partial charge in [0.05, 0.1) is 0 Å². The largest absolute Gasteiger partial charge is 0.311 e. The molecule has 3 rings (SSSR count). The van der Waals surface area contributed by atoms with Gasteiger partial charge in [-0.1, -0.05) is 11.6 Å². The molecule has 0 radical (unpaired) electrons. The molecule has 0 aromatic heterocycles. The quantitative estimate of drug-likeness (QED) is 0.915. The first-order valence-electron chi connectivity index (χ1n) is 7.02. The molecule has 0 saturated carbocycles.